The van der Waals surface area contributed by atoms with Gasteiger partial charge in [-0.2, -0.15) is 0 Å². The van der Waals surface area contributed by atoms with Gasteiger partial charge >= 0.3 is 0 Å². The number of hydrogen-bond acceptors (Lipinski definition) is 2. The maximum Gasteiger partial charge on any atom is 0.0755 e. The summed E-state index contributed by atoms with van der Waals surface area (Å²) in [5, 5.41) is 0. The maximum atomic E-state index is 6.63. The number of allylic oxidation sites excluding steroid dienone is 5. The Morgan fingerprint density at radius 1 is 1.27 bits per heavy atom. The lowest BCUT2D eigenvalue weighted by Crippen LogP contribution is -2.43. The summed E-state index contributed by atoms with van der Waals surface area (Å²) in [6.45, 7) is 15.3. The molecule has 1 saturated carbocycles. The first-order valence-corrected chi connectivity index (χ1v) is 9.46. The Morgan fingerprint density at radius 3 is 2.62 bits per heavy atom. The summed E-state index contributed by atoms with van der Waals surface area (Å²) in [5.41, 5.74) is 13.0. The maximum absolute atomic E-state index is 6.63. The average molecular weight is 350 g/mol. The molecule has 0 amide bonds. The normalized spacial score (nSPS) is 27.9. The lowest BCUT2D eigenvalue weighted by Gasteiger charge is -2.44. The van der Waals surface area contributed by atoms with E-state index in [0.717, 1.165) is 19.3 Å². The molecule has 0 heterocycles. The summed E-state index contributed by atoms with van der Waals surface area (Å²) in [6.07, 6.45) is 8.23. The van der Waals surface area contributed by atoms with E-state index in [4.69, 9.17) is 10.5 Å². The molecular formula is C24H31NO. The molecule has 2 aliphatic rings. The molecule has 2 N–H and O–H groups in total. The van der Waals surface area contributed by atoms with E-state index in [1.165, 1.54) is 27.8 Å². The highest BCUT2D eigenvalue weighted by atomic mass is 16.5. The van der Waals surface area contributed by atoms with Crippen molar-refractivity contribution in [1.82, 2.24) is 0 Å². The van der Waals surface area contributed by atoms with Crippen LogP contribution in [0.2, 0.25) is 0 Å². The first-order chi connectivity index (χ1) is 12.3. The zero-order valence-corrected chi connectivity index (χ0v) is 16.4. The predicted molar refractivity (Wildman–Crippen MR) is 110 cm³/mol. The van der Waals surface area contributed by atoms with Gasteiger partial charge in [-0.15, -0.1) is 0 Å². The van der Waals surface area contributed by atoms with Gasteiger partial charge in [0.15, 0.2) is 0 Å². The summed E-state index contributed by atoms with van der Waals surface area (Å²) in [7, 11) is 0. The molecule has 2 unspecified atom stereocenters. The Balaban J connectivity index is 1.82. The molecule has 138 valence electrons. The van der Waals surface area contributed by atoms with E-state index in [0.29, 0.717) is 18.7 Å². The van der Waals surface area contributed by atoms with Crippen molar-refractivity contribution in [3.8, 4) is 0 Å². The van der Waals surface area contributed by atoms with Crippen LogP contribution in [0.1, 0.15) is 51.2 Å². The lowest BCUT2D eigenvalue weighted by atomic mass is 9.67. The first-order valence-electron chi connectivity index (χ1n) is 9.46. The standard InChI is InChI=1S/C24H31NO/c1-6-19-15-23(4)22(13-17(19)2)11-12-24(23,5)26-16-21-10-8-7-9-20(21)14-18(3)25/h6-10,13H,1,3,11-12,14-16,25H2,2,4-5H3. The van der Waals surface area contributed by atoms with Gasteiger partial charge in [0.2, 0.25) is 0 Å². The van der Waals surface area contributed by atoms with Crippen molar-refractivity contribution in [2.75, 3.05) is 0 Å². The molecule has 0 bridgehead atoms. The molecule has 2 heteroatoms. The van der Waals surface area contributed by atoms with Crippen LogP contribution in [0, 0.1) is 5.41 Å². The van der Waals surface area contributed by atoms with Crippen LogP contribution in [0.3, 0.4) is 0 Å². The predicted octanol–water partition coefficient (Wildman–Crippen LogP) is 5.61. The highest BCUT2D eigenvalue weighted by molar-refractivity contribution is 5.45. The van der Waals surface area contributed by atoms with E-state index < -0.39 is 0 Å². The summed E-state index contributed by atoms with van der Waals surface area (Å²) < 4.78 is 6.63. The monoisotopic (exact) mass is 349 g/mol. The van der Waals surface area contributed by atoms with Crippen molar-refractivity contribution in [1.29, 1.82) is 0 Å². The van der Waals surface area contributed by atoms with Gasteiger partial charge in [0.05, 0.1) is 12.2 Å². The summed E-state index contributed by atoms with van der Waals surface area (Å²) in [6, 6.07) is 8.36. The number of rotatable bonds is 6. The lowest BCUT2D eigenvalue weighted by molar-refractivity contribution is -0.0992. The van der Waals surface area contributed by atoms with E-state index in [1.54, 1.807) is 0 Å². The SMILES string of the molecule is C=CC1=C(C)C=C2CCC(C)(OCc3ccccc3CC(=C)N)C2(C)C1. The zero-order valence-electron chi connectivity index (χ0n) is 16.4. The number of benzene rings is 1. The Morgan fingerprint density at radius 2 is 1.96 bits per heavy atom. The number of nitrogens with two attached hydrogens (primary N) is 1. The molecule has 3 rings (SSSR count). The number of hydrogen-bond donors (Lipinski definition) is 1. The quantitative estimate of drug-likeness (QED) is 0.724. The van der Waals surface area contributed by atoms with Crippen LogP contribution in [-0.2, 0) is 17.8 Å². The van der Waals surface area contributed by atoms with Crippen LogP contribution in [0.15, 0.2) is 72.0 Å². The summed E-state index contributed by atoms with van der Waals surface area (Å²) >= 11 is 0. The van der Waals surface area contributed by atoms with E-state index in [-0.39, 0.29) is 11.0 Å². The molecule has 26 heavy (non-hydrogen) atoms. The number of fused-ring (bicyclic) bond motifs is 1. The Hall–Kier alpha value is -2.06. The minimum Gasteiger partial charge on any atom is -0.402 e. The minimum absolute atomic E-state index is 0.0302. The first kappa shape index (κ1) is 18.7. The van der Waals surface area contributed by atoms with Crippen molar-refractivity contribution in [3.05, 3.63) is 83.1 Å². The highest BCUT2D eigenvalue weighted by Gasteiger charge is 2.53. The van der Waals surface area contributed by atoms with Gasteiger partial charge in [-0.1, -0.05) is 62.1 Å². The van der Waals surface area contributed by atoms with Crippen molar-refractivity contribution in [3.63, 3.8) is 0 Å². The van der Waals surface area contributed by atoms with Crippen LogP contribution in [0.25, 0.3) is 0 Å². The molecule has 1 fully saturated rings. The highest BCUT2D eigenvalue weighted by Crippen LogP contribution is 2.58. The molecule has 0 aromatic heterocycles. The topological polar surface area (TPSA) is 35.2 Å². The van der Waals surface area contributed by atoms with Gasteiger partial charge in [-0.25, -0.2) is 0 Å². The van der Waals surface area contributed by atoms with Crippen molar-refractivity contribution >= 4 is 0 Å². The van der Waals surface area contributed by atoms with E-state index in [2.05, 4.69) is 58.2 Å². The van der Waals surface area contributed by atoms with Gasteiger partial charge in [-0.05, 0) is 55.4 Å². The minimum atomic E-state index is -0.180. The summed E-state index contributed by atoms with van der Waals surface area (Å²) in [5.74, 6) is 0. The van der Waals surface area contributed by atoms with E-state index in [1.807, 2.05) is 12.1 Å². The Bertz CT molecular complexity index is 800. The zero-order chi connectivity index (χ0) is 18.9. The molecule has 0 spiro atoms. The van der Waals surface area contributed by atoms with Crippen molar-refractivity contribution in [2.45, 2.75) is 58.7 Å². The second-order valence-electron chi connectivity index (χ2n) is 8.21. The van der Waals surface area contributed by atoms with Crippen LogP contribution < -0.4 is 5.73 Å². The molecule has 1 aromatic rings. The third kappa shape index (κ3) is 3.19. The van der Waals surface area contributed by atoms with Gasteiger partial charge < -0.3 is 10.5 Å². The summed E-state index contributed by atoms with van der Waals surface area (Å²) in [4.78, 5) is 0. The van der Waals surface area contributed by atoms with Gasteiger partial charge in [0, 0.05) is 17.5 Å². The molecule has 0 aliphatic heterocycles. The third-order valence-electron chi connectivity index (χ3n) is 6.52. The molecular weight excluding hydrogens is 318 g/mol. The molecule has 1 aromatic carbocycles. The molecule has 0 radical (unpaired) electrons. The smallest absolute Gasteiger partial charge is 0.0755 e. The van der Waals surface area contributed by atoms with Crippen LogP contribution in [0.4, 0.5) is 0 Å². The molecule has 2 nitrogen and oxygen atoms in total. The van der Waals surface area contributed by atoms with Crippen LogP contribution >= 0.6 is 0 Å². The molecule has 0 saturated heterocycles. The average Bonchev–Trinajstić information content (AvgIpc) is 2.85. The van der Waals surface area contributed by atoms with Gasteiger partial charge in [0.1, 0.15) is 0 Å². The molecule has 2 atom stereocenters. The van der Waals surface area contributed by atoms with Gasteiger partial charge in [-0.3, -0.25) is 0 Å². The second-order valence-corrected chi connectivity index (χ2v) is 8.21. The fraction of sp³-hybridized carbons (Fsp3) is 0.417. The van der Waals surface area contributed by atoms with Crippen molar-refractivity contribution in [2.24, 2.45) is 11.1 Å². The number of ether oxygens (including phenoxy) is 1. The van der Waals surface area contributed by atoms with Gasteiger partial charge in [0.25, 0.3) is 0 Å². The van der Waals surface area contributed by atoms with E-state index in [9.17, 15) is 0 Å². The Labute approximate surface area is 158 Å². The van der Waals surface area contributed by atoms with Crippen molar-refractivity contribution < 1.29 is 4.74 Å². The fourth-order valence-electron chi connectivity index (χ4n) is 4.49. The van der Waals surface area contributed by atoms with E-state index >= 15 is 0 Å². The van der Waals surface area contributed by atoms with Crippen LogP contribution in [0.5, 0.6) is 0 Å². The largest absolute Gasteiger partial charge is 0.402 e. The van der Waals surface area contributed by atoms with Crippen LogP contribution in [-0.4, -0.2) is 5.60 Å². The second kappa shape index (κ2) is 6.92. The Kier molecular flexibility index (Phi) is 4.98. The molecule has 2 aliphatic carbocycles. The fourth-order valence-corrected chi connectivity index (χ4v) is 4.49. The third-order valence-corrected chi connectivity index (χ3v) is 6.52.